The summed E-state index contributed by atoms with van der Waals surface area (Å²) in [6, 6.07) is 11.8. The van der Waals surface area contributed by atoms with E-state index < -0.39 is 11.6 Å². The normalized spacial score (nSPS) is 15.4. The van der Waals surface area contributed by atoms with Crippen LogP contribution in [0.1, 0.15) is 195 Å². The predicted octanol–water partition coefficient (Wildman–Crippen LogP) is 14.7. The molecule has 544 valence electrons. The molecule has 4 aromatic rings. The van der Waals surface area contributed by atoms with Crippen molar-refractivity contribution in [2.75, 3.05) is 26.4 Å². The highest BCUT2D eigenvalue weighted by Gasteiger charge is 2.33. The number of aromatic nitrogens is 5. The largest absolute Gasteiger partial charge is 0.507 e. The predicted molar refractivity (Wildman–Crippen MR) is 387 cm³/mol. The number of carbonyl (C=O) groups is 2. The van der Waals surface area contributed by atoms with Crippen LogP contribution < -0.4 is 21.4 Å². The Morgan fingerprint density at radius 1 is 0.619 bits per heavy atom. The number of hydrogen-bond acceptors (Lipinski definition) is 24. The molecule has 0 bridgehead atoms. The molecule has 1 atom stereocenters. The summed E-state index contributed by atoms with van der Waals surface area (Å²) in [6.45, 7) is 62.0. The van der Waals surface area contributed by atoms with E-state index in [0.29, 0.717) is 62.0 Å². The first kappa shape index (κ1) is 88.5. The van der Waals surface area contributed by atoms with E-state index in [1.807, 2.05) is 184 Å². The van der Waals surface area contributed by atoms with Crippen molar-refractivity contribution < 1.29 is 61.0 Å². The van der Waals surface area contributed by atoms with E-state index in [1.165, 1.54) is 55.6 Å². The van der Waals surface area contributed by atoms with Gasteiger partial charge in [0, 0.05) is 46.9 Å². The number of aromatic amines is 2. The first-order chi connectivity index (χ1) is 44.2. The van der Waals surface area contributed by atoms with Gasteiger partial charge in [0.2, 0.25) is 11.8 Å². The van der Waals surface area contributed by atoms with Gasteiger partial charge in [0.05, 0.1) is 56.8 Å². The van der Waals surface area contributed by atoms with Crippen molar-refractivity contribution in [3.8, 4) is 5.75 Å². The van der Waals surface area contributed by atoms with Crippen LogP contribution in [-0.4, -0.2) is 124 Å². The molecule has 1 saturated heterocycles. The van der Waals surface area contributed by atoms with Gasteiger partial charge in [-0.05, 0) is 186 Å². The summed E-state index contributed by atoms with van der Waals surface area (Å²) >= 11 is 3.73. The van der Waals surface area contributed by atoms with Crippen LogP contribution >= 0.6 is 35.8 Å². The first-order valence-corrected chi connectivity index (χ1v) is 33.6. The molecular formula is C69H109F2N11O12S3. The number of aromatic hydroxyl groups is 1. The molecule has 0 spiro atoms. The number of hydroxylamine groups is 2. The van der Waals surface area contributed by atoms with E-state index in [4.69, 9.17) is 37.5 Å². The number of aliphatic imine (C=N–C) groups is 3. The monoisotopic (exact) mass is 1420 g/mol. The van der Waals surface area contributed by atoms with Crippen LogP contribution in [-0.2, 0) is 64.6 Å². The minimum atomic E-state index is -0.468. The minimum Gasteiger partial charge on any atom is -0.507 e. The van der Waals surface area contributed by atoms with E-state index in [2.05, 4.69) is 75.5 Å². The highest BCUT2D eigenvalue weighted by atomic mass is 32.2. The molecule has 0 aliphatic carbocycles. The molecule has 0 radical (unpaired) electrons. The van der Waals surface area contributed by atoms with Crippen LogP contribution in [0.25, 0.3) is 0 Å². The number of halogens is 2. The van der Waals surface area contributed by atoms with E-state index in [-0.39, 0.29) is 84.0 Å². The lowest BCUT2D eigenvalue weighted by molar-refractivity contribution is -0.122. The van der Waals surface area contributed by atoms with Gasteiger partial charge >= 0.3 is 5.69 Å². The van der Waals surface area contributed by atoms with E-state index >= 15 is 0 Å². The van der Waals surface area contributed by atoms with Crippen molar-refractivity contribution in [3.63, 3.8) is 0 Å². The number of amidine groups is 3. The topological polar surface area (TPSA) is 289 Å². The second-order valence-corrected chi connectivity index (χ2v) is 32.6. The third-order valence-corrected chi connectivity index (χ3v) is 14.0. The molecule has 0 amide bonds. The number of hydrogen-bond donors (Lipinski definition) is 6. The van der Waals surface area contributed by atoms with Gasteiger partial charge in [-0.2, -0.15) is 15.1 Å². The lowest BCUT2D eigenvalue weighted by Crippen LogP contribution is -2.28. The average Bonchev–Trinajstić information content (AvgIpc) is 1.64. The van der Waals surface area contributed by atoms with Gasteiger partial charge in [-0.3, -0.25) is 14.7 Å². The maximum Gasteiger partial charge on any atom is 0.345 e. The smallest absolute Gasteiger partial charge is 0.345 e. The molecular weight excluding hydrogens is 1310 g/mol. The summed E-state index contributed by atoms with van der Waals surface area (Å²) in [6.07, 6.45) is 3.07. The number of carbonyl (C=O) groups excluding carboxylic acids is 2. The van der Waals surface area contributed by atoms with Crippen LogP contribution in [0.4, 0.5) is 8.78 Å². The van der Waals surface area contributed by atoms with Gasteiger partial charge in [-0.1, -0.05) is 72.0 Å². The van der Waals surface area contributed by atoms with Crippen LogP contribution in [0.5, 0.6) is 5.75 Å². The zero-order valence-electron chi connectivity index (χ0n) is 61.7. The number of benzene rings is 2. The Labute approximate surface area is 587 Å². The Kier molecular flexibility index (Phi) is 36.4. The van der Waals surface area contributed by atoms with Crippen molar-refractivity contribution in [2.24, 2.45) is 15.0 Å². The van der Waals surface area contributed by atoms with Gasteiger partial charge in [0.15, 0.2) is 22.6 Å². The third-order valence-electron chi connectivity index (χ3n) is 11.2. The highest BCUT2D eigenvalue weighted by Crippen LogP contribution is 2.32. The fourth-order valence-corrected chi connectivity index (χ4v) is 8.14. The molecule has 2 aromatic heterocycles. The molecule has 6 heterocycles. The molecule has 8 rings (SSSR count). The Hall–Kier alpha value is -6.50. The van der Waals surface area contributed by atoms with Gasteiger partial charge < -0.3 is 52.4 Å². The summed E-state index contributed by atoms with van der Waals surface area (Å²) in [5.41, 5.74) is 5.40. The van der Waals surface area contributed by atoms with Crippen LogP contribution in [0, 0.1) is 18.6 Å². The fourth-order valence-electron chi connectivity index (χ4n) is 6.12. The van der Waals surface area contributed by atoms with Crippen molar-refractivity contribution in [1.82, 2.24) is 40.8 Å². The molecule has 28 heteroatoms. The van der Waals surface area contributed by atoms with Crippen molar-refractivity contribution in [2.45, 2.75) is 241 Å². The Bertz CT molecular complexity index is 3150. The van der Waals surface area contributed by atoms with Crippen molar-refractivity contribution in [3.05, 3.63) is 136 Å². The summed E-state index contributed by atoms with van der Waals surface area (Å²) in [5, 5.41) is 16.3. The quantitative estimate of drug-likeness (QED) is 0.0436. The highest BCUT2D eigenvalue weighted by molar-refractivity contribution is 8.15. The lowest BCUT2D eigenvalue weighted by atomic mass is 9.86. The maximum atomic E-state index is 13.1. The standard InChI is InChI=1S/C11H14F2.C10H14O2S.C9H14O3S.2C8H14N2O2.C8H14N2OS.C8H12N2O.C7H13N3O/c1-7-9(12)5-8(6-10(7)13)11(2,3)4;1-10(2,3)12-13-9-7-5-4-6-8(9)11;1-9(2,3)12-5-7-6(10)4-8(11)13-7;3*1-6-9-7(10-12-6)5-11-8(2,3)4;1-8(2,3)6-4-5-9-7(11)10-6;1-7(2,3)11-4-6-8-5-9-10-6/h5-6H,1-4H3;4-7,11H,1-3H3;7H,4-5H2,1-3H3;3*1,5H2,2-4H3,(H,9,10);4-5H,1-3H3,(H,9,10,11);5H,4H2,1-3H3,(H,8,9,10). The van der Waals surface area contributed by atoms with Crippen molar-refractivity contribution >= 4 is 64.2 Å². The number of thioether (sulfide) groups is 1. The lowest BCUT2D eigenvalue weighted by Gasteiger charge is -2.20. The number of nitrogens with zero attached hydrogens (tertiary/aromatic N) is 6. The summed E-state index contributed by atoms with van der Waals surface area (Å²) in [5.74, 6) is 3.01. The fraction of sp³-hybridized carbons (Fsp3) is 0.580. The van der Waals surface area contributed by atoms with Gasteiger partial charge in [-0.25, -0.2) is 39.5 Å². The van der Waals surface area contributed by atoms with Crippen LogP contribution in [0.2, 0.25) is 0 Å². The number of nitrogens with one attached hydrogen (secondary N) is 5. The molecule has 4 aliphatic heterocycles. The summed E-state index contributed by atoms with van der Waals surface area (Å²) in [4.78, 5) is 65.4. The second-order valence-electron chi connectivity index (χ2n) is 29.7. The van der Waals surface area contributed by atoms with Gasteiger partial charge in [0.1, 0.15) is 66.8 Å². The van der Waals surface area contributed by atoms with E-state index in [1.54, 1.807) is 12.1 Å². The molecule has 4 aliphatic rings. The number of H-pyrrole nitrogens is 2. The Morgan fingerprint density at radius 2 is 1.09 bits per heavy atom. The molecule has 2 aromatic carbocycles. The number of phenolic OH excluding ortho intramolecular Hbond substituents is 1. The van der Waals surface area contributed by atoms with E-state index in [0.717, 1.165) is 39.0 Å². The molecule has 97 heavy (non-hydrogen) atoms. The SMILES string of the molecule is C=C1N=C(COC(C)(C)C)NO1.C=C1N=C(COC(C)(C)C)NO1.C=C1N=C(COC(C)(C)C)NS1.CC(C)(C)OCC1SC(=O)CC1=O.CC(C)(C)OCc1ncn[nH]1.CC(C)(C)OSc1ccccc1O.CC(C)(C)c1ccnc(=O)[nH]1.Cc1c(F)cc(C(C)(C)C)cc1F. The molecule has 23 nitrogen and oxygen atoms in total. The van der Waals surface area contributed by atoms with Crippen molar-refractivity contribution in [1.29, 1.82) is 0 Å². The minimum absolute atomic E-state index is 0.000694. The molecule has 6 N–H and O–H groups in total. The average molecular weight is 1420 g/mol. The number of ether oxygens (including phenoxy) is 5. The number of ketones is 1. The summed E-state index contributed by atoms with van der Waals surface area (Å²) in [7, 11) is 0. The van der Waals surface area contributed by atoms with Crippen LogP contribution in [0.3, 0.4) is 0 Å². The number of phenols is 1. The molecule has 0 saturated carbocycles. The summed E-state index contributed by atoms with van der Waals surface area (Å²) < 4.78 is 62.0. The third kappa shape index (κ3) is 44.2. The zero-order valence-corrected chi connectivity index (χ0v) is 64.2. The van der Waals surface area contributed by atoms with Crippen LogP contribution in [0.15, 0.2) is 116 Å². The Balaban J connectivity index is 0.000000555. The van der Waals surface area contributed by atoms with E-state index in [9.17, 15) is 28.3 Å². The number of Topliss-reactive ketones (excluding diaryl/α,β-unsaturated/α-hetero) is 1. The maximum absolute atomic E-state index is 13.1. The molecule has 1 fully saturated rings. The number of para-hydroxylation sites is 1. The van der Waals surface area contributed by atoms with Gasteiger partial charge in [-0.15, -0.1) is 0 Å². The molecule has 1 unspecified atom stereocenters. The second kappa shape index (κ2) is 39.9. The zero-order chi connectivity index (χ0) is 74.6. The Morgan fingerprint density at radius 3 is 1.44 bits per heavy atom. The number of rotatable bonds is 12. The first-order valence-electron chi connectivity index (χ1n) is 31.2. The van der Waals surface area contributed by atoms with Gasteiger partial charge in [0.25, 0.3) is 0 Å².